The first kappa shape index (κ1) is 16.1. The van der Waals surface area contributed by atoms with E-state index in [1.807, 2.05) is 66.1 Å². The maximum atomic E-state index is 12.4. The molecule has 2 N–H and O–H groups in total. The zero-order valence-electron chi connectivity index (χ0n) is 14.7. The molecule has 4 rings (SSSR count). The van der Waals surface area contributed by atoms with Crippen LogP contribution in [0.15, 0.2) is 59.4 Å². The van der Waals surface area contributed by atoms with Crippen LogP contribution in [-0.4, -0.2) is 19.5 Å². The summed E-state index contributed by atoms with van der Waals surface area (Å²) in [5.41, 5.74) is 3.30. The molecule has 0 saturated carbocycles. The smallest absolute Gasteiger partial charge is 0.257 e. The van der Waals surface area contributed by atoms with Crippen LogP contribution < -0.4 is 10.9 Å². The molecule has 0 aliphatic rings. The van der Waals surface area contributed by atoms with Gasteiger partial charge >= 0.3 is 0 Å². The van der Waals surface area contributed by atoms with Crippen molar-refractivity contribution in [2.75, 3.05) is 5.32 Å². The predicted molar refractivity (Wildman–Crippen MR) is 103 cm³/mol. The number of hydrogen-bond donors (Lipinski definition) is 2. The summed E-state index contributed by atoms with van der Waals surface area (Å²) in [7, 11) is 0. The van der Waals surface area contributed by atoms with Gasteiger partial charge in [0.15, 0.2) is 0 Å². The average molecular weight is 345 g/mol. The Kier molecular flexibility index (Phi) is 4.01. The van der Waals surface area contributed by atoms with Crippen LogP contribution in [0.4, 0.5) is 5.82 Å². The monoisotopic (exact) mass is 345 g/mol. The average Bonchev–Trinajstić information content (AvgIpc) is 2.99. The number of benzene rings is 2. The van der Waals surface area contributed by atoms with Gasteiger partial charge in [0.05, 0.1) is 16.6 Å². The lowest BCUT2D eigenvalue weighted by Gasteiger charge is -2.12. The first-order valence-corrected chi connectivity index (χ1v) is 8.46. The lowest BCUT2D eigenvalue weighted by atomic mass is 10.2. The van der Waals surface area contributed by atoms with Crippen LogP contribution >= 0.6 is 0 Å². The Balaban J connectivity index is 1.77. The number of para-hydroxylation sites is 2. The third-order valence-electron chi connectivity index (χ3n) is 4.38. The molecule has 0 aliphatic heterocycles. The van der Waals surface area contributed by atoms with E-state index in [1.54, 1.807) is 6.92 Å². The highest BCUT2D eigenvalue weighted by molar-refractivity contribution is 5.77. The molecule has 0 spiro atoms. The largest absolute Gasteiger partial charge is 0.365 e. The van der Waals surface area contributed by atoms with Crippen molar-refractivity contribution in [2.45, 2.75) is 20.4 Å². The van der Waals surface area contributed by atoms with E-state index in [9.17, 15) is 4.79 Å². The highest BCUT2D eigenvalue weighted by Gasteiger charge is 2.14. The molecule has 130 valence electrons. The zero-order chi connectivity index (χ0) is 18.1. The van der Waals surface area contributed by atoms with Gasteiger partial charge in [0.2, 0.25) is 5.95 Å². The molecule has 0 saturated heterocycles. The van der Waals surface area contributed by atoms with Crippen LogP contribution in [-0.2, 0) is 6.54 Å². The number of rotatable bonds is 4. The van der Waals surface area contributed by atoms with E-state index < -0.39 is 0 Å². The van der Waals surface area contributed by atoms with Gasteiger partial charge in [-0.25, -0.2) is 4.98 Å². The van der Waals surface area contributed by atoms with Crippen LogP contribution in [0.3, 0.4) is 0 Å². The third-order valence-corrected chi connectivity index (χ3v) is 4.38. The fraction of sp³-hybridized carbons (Fsp3) is 0.150. The Hall–Kier alpha value is -3.41. The van der Waals surface area contributed by atoms with E-state index in [0.717, 1.165) is 22.4 Å². The Morgan fingerprint density at radius 1 is 1.00 bits per heavy atom. The van der Waals surface area contributed by atoms with Crippen molar-refractivity contribution in [1.29, 1.82) is 0 Å². The van der Waals surface area contributed by atoms with E-state index in [4.69, 9.17) is 0 Å². The molecule has 0 bridgehead atoms. The molecule has 0 aliphatic carbocycles. The summed E-state index contributed by atoms with van der Waals surface area (Å²) in [6.45, 7) is 4.26. The van der Waals surface area contributed by atoms with Gasteiger partial charge in [-0.2, -0.15) is 4.98 Å². The van der Waals surface area contributed by atoms with Crippen molar-refractivity contribution in [3.05, 3.63) is 81.9 Å². The van der Waals surface area contributed by atoms with E-state index in [2.05, 4.69) is 20.3 Å². The summed E-state index contributed by atoms with van der Waals surface area (Å²) < 4.78 is 1.86. The molecule has 26 heavy (non-hydrogen) atoms. The molecule has 0 atom stereocenters. The summed E-state index contributed by atoms with van der Waals surface area (Å²) in [5.74, 6) is 1.80. The molecule has 0 fully saturated rings. The quantitative estimate of drug-likeness (QED) is 0.595. The standard InChI is InChI=1S/C20H19N5O/c1-13-18(21-12-15-8-4-3-5-9-15)23-20(24-19(13)26)25-14(2)22-16-10-6-7-11-17(16)25/h3-11H,12H2,1-2H3,(H2,21,23,24,26). The van der Waals surface area contributed by atoms with E-state index >= 15 is 0 Å². The number of H-pyrrole nitrogens is 1. The van der Waals surface area contributed by atoms with Crippen molar-refractivity contribution < 1.29 is 0 Å². The summed E-state index contributed by atoms with van der Waals surface area (Å²) in [6.07, 6.45) is 0. The molecule has 2 heterocycles. The maximum Gasteiger partial charge on any atom is 0.257 e. The third kappa shape index (κ3) is 2.86. The van der Waals surface area contributed by atoms with Gasteiger partial charge in [0.1, 0.15) is 11.6 Å². The number of aromatic amines is 1. The topological polar surface area (TPSA) is 75.6 Å². The molecule has 6 nitrogen and oxygen atoms in total. The zero-order valence-corrected chi connectivity index (χ0v) is 14.7. The molecule has 0 unspecified atom stereocenters. The van der Waals surface area contributed by atoms with Gasteiger partial charge in [0.25, 0.3) is 5.56 Å². The van der Waals surface area contributed by atoms with E-state index in [-0.39, 0.29) is 5.56 Å². The Morgan fingerprint density at radius 2 is 1.73 bits per heavy atom. The van der Waals surface area contributed by atoms with Crippen molar-refractivity contribution in [3.63, 3.8) is 0 Å². The number of fused-ring (bicyclic) bond motifs is 1. The van der Waals surface area contributed by atoms with Crippen LogP contribution in [0.25, 0.3) is 17.0 Å². The van der Waals surface area contributed by atoms with Crippen LogP contribution in [0, 0.1) is 13.8 Å². The van der Waals surface area contributed by atoms with Gasteiger partial charge in [-0.15, -0.1) is 0 Å². The van der Waals surface area contributed by atoms with Gasteiger partial charge in [0, 0.05) is 6.54 Å². The van der Waals surface area contributed by atoms with Gasteiger partial charge in [-0.3, -0.25) is 14.3 Å². The lowest BCUT2D eigenvalue weighted by molar-refractivity contribution is 0.882. The molecule has 0 amide bonds. The summed E-state index contributed by atoms with van der Waals surface area (Å²) in [4.78, 5) is 24.5. The normalized spacial score (nSPS) is 11.0. The number of hydrogen-bond acceptors (Lipinski definition) is 4. The first-order valence-electron chi connectivity index (χ1n) is 8.46. The maximum absolute atomic E-state index is 12.4. The van der Waals surface area contributed by atoms with Crippen molar-refractivity contribution in [3.8, 4) is 5.95 Å². The Labute approximate surface area is 150 Å². The number of anilines is 1. The minimum Gasteiger partial charge on any atom is -0.365 e. The fourth-order valence-corrected chi connectivity index (χ4v) is 2.99. The number of nitrogens with one attached hydrogen (secondary N) is 2. The van der Waals surface area contributed by atoms with Crippen molar-refractivity contribution in [2.24, 2.45) is 0 Å². The SMILES string of the molecule is Cc1c(NCc2ccccc2)nc(-n2c(C)nc3ccccc32)[nH]c1=O. The highest BCUT2D eigenvalue weighted by Crippen LogP contribution is 2.19. The van der Waals surface area contributed by atoms with E-state index in [1.165, 1.54) is 0 Å². The van der Waals surface area contributed by atoms with Gasteiger partial charge in [-0.1, -0.05) is 42.5 Å². The molecular weight excluding hydrogens is 326 g/mol. The van der Waals surface area contributed by atoms with Crippen molar-refractivity contribution >= 4 is 16.9 Å². The van der Waals surface area contributed by atoms with Crippen LogP contribution in [0.2, 0.25) is 0 Å². The number of aryl methyl sites for hydroxylation is 1. The van der Waals surface area contributed by atoms with E-state index in [0.29, 0.717) is 23.9 Å². The molecular formula is C20H19N5O. The number of nitrogens with zero attached hydrogens (tertiary/aromatic N) is 3. The van der Waals surface area contributed by atoms with Crippen LogP contribution in [0.1, 0.15) is 17.0 Å². The molecule has 0 radical (unpaired) electrons. The number of aromatic nitrogens is 4. The Morgan fingerprint density at radius 3 is 2.54 bits per heavy atom. The fourth-order valence-electron chi connectivity index (χ4n) is 2.99. The Bertz CT molecular complexity index is 1130. The molecule has 2 aromatic carbocycles. The van der Waals surface area contributed by atoms with Gasteiger partial charge in [-0.05, 0) is 31.5 Å². The molecule has 2 aromatic heterocycles. The minimum absolute atomic E-state index is 0.164. The summed E-state index contributed by atoms with van der Waals surface area (Å²) in [6, 6.07) is 17.8. The first-order chi connectivity index (χ1) is 12.6. The summed E-state index contributed by atoms with van der Waals surface area (Å²) >= 11 is 0. The lowest BCUT2D eigenvalue weighted by Crippen LogP contribution is -2.19. The van der Waals surface area contributed by atoms with Crippen molar-refractivity contribution in [1.82, 2.24) is 19.5 Å². The van der Waals surface area contributed by atoms with Crippen LogP contribution in [0.5, 0.6) is 0 Å². The summed E-state index contributed by atoms with van der Waals surface area (Å²) in [5, 5.41) is 3.28. The molecule has 6 heteroatoms. The molecule has 4 aromatic rings. The van der Waals surface area contributed by atoms with Gasteiger partial charge < -0.3 is 5.32 Å². The second-order valence-corrected chi connectivity index (χ2v) is 6.19. The second-order valence-electron chi connectivity index (χ2n) is 6.19. The minimum atomic E-state index is -0.164. The second kappa shape index (κ2) is 6.48. The predicted octanol–water partition coefficient (Wildman–Crippen LogP) is 3.34. The highest BCUT2D eigenvalue weighted by atomic mass is 16.1. The number of imidazole rings is 1.